The average Bonchev–Trinajstić information content (AvgIpc) is 3.06. The molecular weight excluding hydrogens is 330 g/mol. The molecule has 0 amide bonds. The van der Waals surface area contributed by atoms with Gasteiger partial charge in [0.1, 0.15) is 10.4 Å². The quantitative estimate of drug-likeness (QED) is 0.713. The molecule has 5 heteroatoms. The molecule has 3 aromatic rings. The molecule has 4 nitrogen and oxygen atoms in total. The van der Waals surface area contributed by atoms with Crippen molar-refractivity contribution in [2.24, 2.45) is 0 Å². The van der Waals surface area contributed by atoms with Gasteiger partial charge in [-0.15, -0.1) is 0 Å². The molecule has 0 saturated carbocycles. The van der Waals surface area contributed by atoms with Gasteiger partial charge in [-0.05, 0) is 47.0 Å². The Balaban J connectivity index is 1.93. The third-order valence-corrected chi connectivity index (χ3v) is 4.49. The predicted octanol–water partition coefficient (Wildman–Crippen LogP) is 3.58. The summed E-state index contributed by atoms with van der Waals surface area (Å²) in [5, 5.41) is 4.57. The fourth-order valence-corrected chi connectivity index (χ4v) is 3.47. The van der Waals surface area contributed by atoms with E-state index in [-0.39, 0.29) is 5.92 Å². The fraction of sp³-hybridized carbons (Fsp3) is 0.250. The molecule has 0 saturated heterocycles. The molecule has 0 aliphatic heterocycles. The summed E-state index contributed by atoms with van der Waals surface area (Å²) < 4.78 is 8.31. The van der Waals surface area contributed by atoms with Gasteiger partial charge in [-0.3, -0.25) is 0 Å². The molecule has 4 rings (SSSR count). The van der Waals surface area contributed by atoms with E-state index in [2.05, 4.69) is 33.2 Å². The van der Waals surface area contributed by atoms with Gasteiger partial charge in [0.25, 0.3) is 0 Å². The minimum Gasteiger partial charge on any atom is -0.496 e. The van der Waals surface area contributed by atoms with Crippen LogP contribution in [-0.2, 0) is 6.42 Å². The van der Waals surface area contributed by atoms with E-state index in [1.54, 1.807) is 7.11 Å². The van der Waals surface area contributed by atoms with Crippen molar-refractivity contribution in [3.63, 3.8) is 0 Å². The molecule has 21 heavy (non-hydrogen) atoms. The lowest BCUT2D eigenvalue weighted by Crippen LogP contribution is -2.05. The zero-order valence-corrected chi connectivity index (χ0v) is 13.2. The van der Waals surface area contributed by atoms with Crippen molar-refractivity contribution < 1.29 is 4.74 Å². The van der Waals surface area contributed by atoms with Crippen molar-refractivity contribution in [2.75, 3.05) is 7.11 Å². The maximum absolute atomic E-state index is 5.53. The molecule has 0 radical (unpaired) electrons. The highest BCUT2D eigenvalue weighted by molar-refractivity contribution is 9.10. The van der Waals surface area contributed by atoms with Crippen LogP contribution in [-0.4, -0.2) is 21.7 Å². The Bertz CT molecular complexity index is 828. The first-order valence-electron chi connectivity index (χ1n) is 6.95. The molecule has 106 valence electrons. The standard InChI is InChI=1S/C16H14BrN3O/c1-21-13-5-3-2-4-10(13)11-6-7-12-16(11)20-15(18-12)9-8-14(17)19-20/h2-5,8-9,11H,6-7H2,1H3. The number of methoxy groups -OCH3 is 1. The molecular formula is C16H14BrN3O. The highest BCUT2D eigenvalue weighted by atomic mass is 79.9. The second-order valence-corrected chi connectivity index (χ2v) is 6.02. The van der Waals surface area contributed by atoms with Gasteiger partial charge in [-0.25, -0.2) is 9.50 Å². The molecule has 1 aliphatic carbocycles. The summed E-state index contributed by atoms with van der Waals surface area (Å²) in [5.74, 6) is 1.22. The number of halogens is 1. The van der Waals surface area contributed by atoms with Crippen LogP contribution < -0.4 is 4.74 Å². The second-order valence-electron chi connectivity index (χ2n) is 5.20. The summed E-state index contributed by atoms with van der Waals surface area (Å²) in [6.07, 6.45) is 2.04. The molecule has 0 spiro atoms. The lowest BCUT2D eigenvalue weighted by Gasteiger charge is -2.15. The van der Waals surface area contributed by atoms with Gasteiger partial charge in [0.2, 0.25) is 0 Å². The van der Waals surface area contributed by atoms with Crippen LogP contribution >= 0.6 is 15.9 Å². The van der Waals surface area contributed by atoms with Crippen molar-refractivity contribution in [1.29, 1.82) is 0 Å². The van der Waals surface area contributed by atoms with Gasteiger partial charge in [-0.1, -0.05) is 18.2 Å². The van der Waals surface area contributed by atoms with Crippen molar-refractivity contribution in [3.8, 4) is 5.75 Å². The van der Waals surface area contributed by atoms with Crippen molar-refractivity contribution in [2.45, 2.75) is 18.8 Å². The first-order valence-corrected chi connectivity index (χ1v) is 7.74. The first-order chi connectivity index (χ1) is 10.3. The van der Waals surface area contributed by atoms with E-state index in [4.69, 9.17) is 9.72 Å². The maximum Gasteiger partial charge on any atom is 0.154 e. The number of rotatable bonds is 2. The molecule has 1 unspecified atom stereocenters. The number of ether oxygens (including phenoxy) is 1. The van der Waals surface area contributed by atoms with Crippen molar-refractivity contribution in [1.82, 2.24) is 14.6 Å². The summed E-state index contributed by atoms with van der Waals surface area (Å²) in [4.78, 5) is 4.70. The zero-order valence-electron chi connectivity index (χ0n) is 11.6. The topological polar surface area (TPSA) is 39.4 Å². The Morgan fingerprint density at radius 2 is 2.10 bits per heavy atom. The van der Waals surface area contributed by atoms with Gasteiger partial charge in [0.05, 0.1) is 18.5 Å². The van der Waals surface area contributed by atoms with Crippen LogP contribution in [0.15, 0.2) is 41.0 Å². The van der Waals surface area contributed by atoms with E-state index in [0.29, 0.717) is 0 Å². The summed E-state index contributed by atoms with van der Waals surface area (Å²) in [6, 6.07) is 12.1. The van der Waals surface area contributed by atoms with Gasteiger partial charge in [-0.2, -0.15) is 5.10 Å². The Morgan fingerprint density at radius 3 is 2.95 bits per heavy atom. The molecule has 1 aliphatic rings. The first kappa shape index (κ1) is 12.8. The van der Waals surface area contributed by atoms with E-state index in [1.165, 1.54) is 11.3 Å². The number of hydrogen-bond donors (Lipinski definition) is 0. The number of aromatic nitrogens is 3. The lowest BCUT2D eigenvalue weighted by atomic mass is 9.96. The van der Waals surface area contributed by atoms with Crippen LogP contribution in [0, 0.1) is 0 Å². The minimum absolute atomic E-state index is 0.285. The Hall–Kier alpha value is -1.88. The molecule has 0 bridgehead atoms. The normalized spacial score (nSPS) is 17.1. The highest BCUT2D eigenvalue weighted by Gasteiger charge is 2.31. The highest BCUT2D eigenvalue weighted by Crippen LogP contribution is 2.41. The van der Waals surface area contributed by atoms with Gasteiger partial charge < -0.3 is 4.74 Å². The van der Waals surface area contributed by atoms with Crippen LogP contribution in [0.1, 0.15) is 29.3 Å². The molecule has 1 atom stereocenters. The van der Waals surface area contributed by atoms with E-state index >= 15 is 0 Å². The number of imidazole rings is 1. The maximum atomic E-state index is 5.53. The summed E-state index contributed by atoms with van der Waals surface area (Å²) in [6.45, 7) is 0. The van der Waals surface area contributed by atoms with E-state index in [1.807, 2.05) is 28.8 Å². The Labute approximate surface area is 130 Å². The fourth-order valence-electron chi connectivity index (χ4n) is 3.18. The summed E-state index contributed by atoms with van der Waals surface area (Å²) >= 11 is 3.45. The van der Waals surface area contributed by atoms with Crippen LogP contribution in [0.25, 0.3) is 5.65 Å². The smallest absolute Gasteiger partial charge is 0.154 e. The van der Waals surface area contributed by atoms with Crippen molar-refractivity contribution in [3.05, 3.63) is 58.0 Å². The van der Waals surface area contributed by atoms with Crippen molar-refractivity contribution >= 4 is 21.6 Å². The third kappa shape index (κ3) is 1.95. The van der Waals surface area contributed by atoms with Crippen LogP contribution in [0.3, 0.4) is 0 Å². The molecule has 0 fully saturated rings. The Morgan fingerprint density at radius 1 is 1.24 bits per heavy atom. The number of aryl methyl sites for hydroxylation is 1. The molecule has 2 heterocycles. The molecule has 2 aromatic heterocycles. The number of hydrogen-bond acceptors (Lipinski definition) is 3. The number of benzene rings is 1. The van der Waals surface area contributed by atoms with Crippen LogP contribution in [0.5, 0.6) is 5.75 Å². The van der Waals surface area contributed by atoms with Gasteiger partial charge in [0.15, 0.2) is 5.65 Å². The summed E-state index contributed by atoms with van der Waals surface area (Å²) in [5.41, 5.74) is 4.46. The number of fused-ring (bicyclic) bond motifs is 3. The largest absolute Gasteiger partial charge is 0.496 e. The lowest BCUT2D eigenvalue weighted by molar-refractivity contribution is 0.407. The SMILES string of the molecule is COc1ccccc1C1CCc2nc3ccc(Br)nn3c21. The van der Waals surface area contributed by atoms with Gasteiger partial charge >= 0.3 is 0 Å². The zero-order chi connectivity index (χ0) is 14.4. The van der Waals surface area contributed by atoms with Gasteiger partial charge in [0, 0.05) is 11.5 Å². The monoisotopic (exact) mass is 343 g/mol. The number of para-hydroxylation sites is 1. The van der Waals surface area contributed by atoms with E-state index in [0.717, 1.165) is 34.5 Å². The second kappa shape index (κ2) is 4.84. The summed E-state index contributed by atoms with van der Waals surface area (Å²) in [7, 11) is 1.72. The average molecular weight is 344 g/mol. The molecule has 0 N–H and O–H groups in total. The third-order valence-electron chi connectivity index (χ3n) is 4.07. The van der Waals surface area contributed by atoms with E-state index < -0.39 is 0 Å². The molecule has 1 aromatic carbocycles. The predicted molar refractivity (Wildman–Crippen MR) is 83.8 cm³/mol. The minimum atomic E-state index is 0.285. The number of nitrogens with zero attached hydrogens (tertiary/aromatic N) is 3. The Kier molecular flexibility index (Phi) is 2.96. The van der Waals surface area contributed by atoms with E-state index in [9.17, 15) is 0 Å². The van der Waals surface area contributed by atoms with Crippen LogP contribution in [0.4, 0.5) is 0 Å². The van der Waals surface area contributed by atoms with Crippen LogP contribution in [0.2, 0.25) is 0 Å².